The number of nitrogens with one attached hydrogen (secondary N) is 1. The Kier molecular flexibility index (Phi) is 5.25. The van der Waals surface area contributed by atoms with Gasteiger partial charge in [-0.1, -0.05) is 39.8 Å². The number of thioether (sulfide) groups is 1. The number of aromatic nitrogens is 3. The van der Waals surface area contributed by atoms with Crippen LogP contribution in [0.4, 0.5) is 5.69 Å². The molecule has 0 aliphatic rings. The van der Waals surface area contributed by atoms with Crippen molar-refractivity contribution in [3.05, 3.63) is 68.7 Å². The summed E-state index contributed by atoms with van der Waals surface area (Å²) in [6.45, 7) is 0. The van der Waals surface area contributed by atoms with E-state index in [1.807, 2.05) is 24.3 Å². The number of hydrogen-bond donors (Lipinski definition) is 1. The lowest BCUT2D eigenvalue weighted by Gasteiger charge is -1.99. The molecule has 25 heavy (non-hydrogen) atoms. The number of carbonyl (C=O) groups excluding carboxylic acids is 1. The van der Waals surface area contributed by atoms with Crippen molar-refractivity contribution in [2.75, 3.05) is 5.75 Å². The second-order valence-corrected chi connectivity index (χ2v) is 6.85. The molecular formula is C16H11BrN4O3S. The van der Waals surface area contributed by atoms with Gasteiger partial charge in [0, 0.05) is 27.7 Å². The van der Waals surface area contributed by atoms with Crippen molar-refractivity contribution in [1.82, 2.24) is 15.2 Å². The van der Waals surface area contributed by atoms with Gasteiger partial charge in [0.15, 0.2) is 11.6 Å². The summed E-state index contributed by atoms with van der Waals surface area (Å²) in [7, 11) is 0. The molecule has 126 valence electrons. The molecule has 0 aliphatic carbocycles. The number of ketones is 1. The summed E-state index contributed by atoms with van der Waals surface area (Å²) in [5.74, 6) is 0.628. The molecule has 7 nitrogen and oxygen atoms in total. The molecule has 0 saturated heterocycles. The summed E-state index contributed by atoms with van der Waals surface area (Å²) in [6.07, 6.45) is 0. The van der Waals surface area contributed by atoms with Gasteiger partial charge in [-0.05, 0) is 24.3 Å². The highest BCUT2D eigenvalue weighted by Crippen LogP contribution is 2.22. The minimum absolute atomic E-state index is 0.0442. The van der Waals surface area contributed by atoms with Crippen LogP contribution in [0, 0.1) is 10.1 Å². The van der Waals surface area contributed by atoms with Gasteiger partial charge in [-0.2, -0.15) is 0 Å². The number of Topliss-reactive ketones (excluding diaryl/α,β-unsaturated/α-hetero) is 1. The van der Waals surface area contributed by atoms with Gasteiger partial charge < -0.3 is 0 Å². The van der Waals surface area contributed by atoms with Crippen LogP contribution in [0.1, 0.15) is 10.4 Å². The number of rotatable bonds is 6. The van der Waals surface area contributed by atoms with Gasteiger partial charge in [-0.15, -0.1) is 5.10 Å². The summed E-state index contributed by atoms with van der Waals surface area (Å²) >= 11 is 4.58. The Morgan fingerprint density at radius 2 is 1.84 bits per heavy atom. The molecule has 1 heterocycles. The first kappa shape index (κ1) is 17.3. The van der Waals surface area contributed by atoms with Crippen molar-refractivity contribution in [2.45, 2.75) is 5.16 Å². The Labute approximate surface area is 155 Å². The number of aromatic amines is 1. The normalized spacial score (nSPS) is 10.6. The fourth-order valence-electron chi connectivity index (χ4n) is 2.03. The van der Waals surface area contributed by atoms with Crippen LogP contribution in [0.25, 0.3) is 11.4 Å². The van der Waals surface area contributed by atoms with E-state index in [0.29, 0.717) is 16.5 Å². The van der Waals surface area contributed by atoms with Gasteiger partial charge in [0.2, 0.25) is 5.16 Å². The number of carbonyl (C=O) groups is 1. The van der Waals surface area contributed by atoms with E-state index >= 15 is 0 Å². The zero-order valence-corrected chi connectivity index (χ0v) is 15.1. The monoisotopic (exact) mass is 418 g/mol. The van der Waals surface area contributed by atoms with Gasteiger partial charge >= 0.3 is 0 Å². The van der Waals surface area contributed by atoms with Crippen LogP contribution in [0.3, 0.4) is 0 Å². The summed E-state index contributed by atoms with van der Waals surface area (Å²) < 4.78 is 0.971. The van der Waals surface area contributed by atoms with Crippen LogP contribution in [0.15, 0.2) is 58.2 Å². The molecule has 3 aromatic rings. The predicted octanol–water partition coefficient (Wildman–Crippen LogP) is 4.12. The van der Waals surface area contributed by atoms with Crippen LogP contribution in [-0.2, 0) is 0 Å². The molecule has 0 unspecified atom stereocenters. The average molecular weight is 419 g/mol. The number of nitro benzene ring substituents is 1. The largest absolute Gasteiger partial charge is 0.293 e. The van der Waals surface area contributed by atoms with Crippen LogP contribution in [0.5, 0.6) is 0 Å². The molecule has 0 saturated carbocycles. The van der Waals surface area contributed by atoms with Crippen LogP contribution >= 0.6 is 27.7 Å². The van der Waals surface area contributed by atoms with Crippen molar-refractivity contribution in [1.29, 1.82) is 0 Å². The van der Waals surface area contributed by atoms with E-state index in [1.165, 1.54) is 36.0 Å². The van der Waals surface area contributed by atoms with Crippen molar-refractivity contribution in [2.24, 2.45) is 0 Å². The van der Waals surface area contributed by atoms with Crippen molar-refractivity contribution in [3.8, 4) is 11.4 Å². The van der Waals surface area contributed by atoms with E-state index in [4.69, 9.17) is 0 Å². The first-order valence-corrected chi connectivity index (χ1v) is 8.89. The first-order chi connectivity index (χ1) is 12.0. The quantitative estimate of drug-likeness (QED) is 0.279. The number of non-ortho nitro benzene ring substituents is 1. The van der Waals surface area contributed by atoms with Crippen molar-refractivity contribution < 1.29 is 9.72 Å². The molecule has 2 aromatic carbocycles. The number of benzene rings is 2. The number of halogens is 1. The molecule has 9 heteroatoms. The van der Waals surface area contributed by atoms with Gasteiger partial charge in [-0.25, -0.2) is 4.98 Å². The Balaban J connectivity index is 1.62. The average Bonchev–Trinajstić information content (AvgIpc) is 3.09. The van der Waals surface area contributed by atoms with E-state index in [1.54, 1.807) is 0 Å². The molecule has 0 aliphatic heterocycles. The third-order valence-electron chi connectivity index (χ3n) is 3.32. The lowest BCUT2D eigenvalue weighted by Crippen LogP contribution is -2.02. The van der Waals surface area contributed by atoms with E-state index in [0.717, 1.165) is 10.0 Å². The summed E-state index contributed by atoms with van der Waals surface area (Å²) in [5, 5.41) is 18.0. The fraction of sp³-hybridized carbons (Fsp3) is 0.0625. The summed E-state index contributed by atoms with van der Waals surface area (Å²) in [5.41, 5.74) is 1.27. The SMILES string of the molecule is O=C(CSc1n[nH]c(-c2ccc(Br)cc2)n1)c1ccc([N+](=O)[O-])cc1. The molecule has 0 bridgehead atoms. The molecule has 1 aromatic heterocycles. The van der Waals surface area contributed by atoms with Crippen molar-refractivity contribution >= 4 is 39.2 Å². The van der Waals surface area contributed by atoms with E-state index in [9.17, 15) is 14.9 Å². The maximum absolute atomic E-state index is 12.2. The Hall–Kier alpha value is -2.52. The second kappa shape index (κ2) is 7.58. The molecule has 0 radical (unpaired) electrons. The minimum Gasteiger partial charge on any atom is -0.293 e. The third-order valence-corrected chi connectivity index (χ3v) is 4.69. The van der Waals surface area contributed by atoms with Gasteiger partial charge in [-0.3, -0.25) is 20.0 Å². The molecule has 0 fully saturated rings. The van der Waals surface area contributed by atoms with Gasteiger partial charge in [0.1, 0.15) is 0 Å². The molecule has 0 atom stereocenters. The minimum atomic E-state index is -0.500. The third kappa shape index (κ3) is 4.31. The zero-order valence-electron chi connectivity index (χ0n) is 12.7. The maximum atomic E-state index is 12.2. The predicted molar refractivity (Wildman–Crippen MR) is 97.7 cm³/mol. The summed E-state index contributed by atoms with van der Waals surface area (Å²) in [4.78, 5) is 26.6. The van der Waals surface area contributed by atoms with Crippen LogP contribution in [-0.4, -0.2) is 31.6 Å². The topological polar surface area (TPSA) is 102 Å². The fourth-order valence-corrected chi connectivity index (χ4v) is 2.99. The zero-order chi connectivity index (χ0) is 17.8. The number of nitro groups is 1. The highest BCUT2D eigenvalue weighted by Gasteiger charge is 2.12. The lowest BCUT2D eigenvalue weighted by atomic mass is 10.1. The highest BCUT2D eigenvalue weighted by atomic mass is 79.9. The summed E-state index contributed by atoms with van der Waals surface area (Å²) in [6, 6.07) is 13.2. The highest BCUT2D eigenvalue weighted by molar-refractivity contribution is 9.10. The van der Waals surface area contributed by atoms with Gasteiger partial charge in [0.25, 0.3) is 5.69 Å². The van der Waals surface area contributed by atoms with E-state index in [2.05, 4.69) is 31.1 Å². The second-order valence-electron chi connectivity index (χ2n) is 4.99. The van der Waals surface area contributed by atoms with Crippen LogP contribution in [0.2, 0.25) is 0 Å². The maximum Gasteiger partial charge on any atom is 0.269 e. The molecular weight excluding hydrogens is 408 g/mol. The van der Waals surface area contributed by atoms with Gasteiger partial charge in [0.05, 0.1) is 10.7 Å². The number of nitrogens with zero attached hydrogens (tertiary/aromatic N) is 3. The Morgan fingerprint density at radius 1 is 1.16 bits per heavy atom. The Morgan fingerprint density at radius 3 is 2.48 bits per heavy atom. The van der Waals surface area contributed by atoms with E-state index in [-0.39, 0.29) is 17.2 Å². The van der Waals surface area contributed by atoms with Crippen molar-refractivity contribution in [3.63, 3.8) is 0 Å². The first-order valence-electron chi connectivity index (χ1n) is 7.12. The molecule has 3 rings (SSSR count). The molecule has 0 spiro atoms. The molecule has 0 amide bonds. The standard InChI is InChI=1S/C16H11BrN4O3S/c17-12-5-1-11(2-6-12)15-18-16(20-19-15)25-9-14(22)10-3-7-13(8-4-10)21(23)24/h1-8H,9H2,(H,18,19,20). The smallest absolute Gasteiger partial charge is 0.269 e. The lowest BCUT2D eigenvalue weighted by molar-refractivity contribution is -0.384. The number of H-pyrrole nitrogens is 1. The number of hydrogen-bond acceptors (Lipinski definition) is 6. The Bertz CT molecular complexity index is 910. The van der Waals surface area contributed by atoms with Crippen LogP contribution < -0.4 is 0 Å². The van der Waals surface area contributed by atoms with E-state index < -0.39 is 4.92 Å². The molecule has 1 N–H and O–H groups in total.